The molecule has 148 valence electrons. The van der Waals surface area contributed by atoms with Gasteiger partial charge in [0.05, 0.1) is 0 Å². The number of aromatic hydroxyl groups is 1. The summed E-state index contributed by atoms with van der Waals surface area (Å²) < 4.78 is 0. The van der Waals surface area contributed by atoms with Crippen molar-refractivity contribution < 1.29 is 17.5 Å². The second kappa shape index (κ2) is 10.3. The first-order chi connectivity index (χ1) is 13.0. The third-order valence-corrected chi connectivity index (χ3v) is 4.99. The van der Waals surface area contributed by atoms with Crippen LogP contribution in [0.1, 0.15) is 47.6 Å². The maximum Gasteiger partial charge on any atom is 0.123 e. The number of phenolic OH excluding ortho intramolecular Hbond substituents is 1. The highest BCUT2D eigenvalue weighted by molar-refractivity contribution is 5.46. The smallest absolute Gasteiger partial charge is 0.123 e. The summed E-state index contributed by atoms with van der Waals surface area (Å²) in [7, 11) is 0. The summed E-state index contributed by atoms with van der Waals surface area (Å²) in [5, 5.41) is 10.9. The van der Waals surface area contributed by atoms with Crippen molar-refractivity contribution in [3.63, 3.8) is 0 Å². The lowest BCUT2D eigenvalue weighted by Crippen LogP contribution is -3.00. The fourth-order valence-electron chi connectivity index (χ4n) is 3.70. The molecule has 0 aliphatic heterocycles. The number of rotatable bonds is 7. The minimum absolute atomic E-state index is 0. The van der Waals surface area contributed by atoms with Gasteiger partial charge in [0, 0.05) is 25.2 Å². The van der Waals surface area contributed by atoms with Crippen molar-refractivity contribution in [1.29, 1.82) is 0 Å². The fraction of sp³-hybridized carbons (Fsp3) is 0.280. The van der Waals surface area contributed by atoms with Gasteiger partial charge in [-0.15, -0.1) is 0 Å². The molecule has 0 heterocycles. The third kappa shape index (κ3) is 5.60. The zero-order valence-electron chi connectivity index (χ0n) is 16.9. The zero-order valence-corrected chi connectivity index (χ0v) is 17.7. The summed E-state index contributed by atoms with van der Waals surface area (Å²) in [5.74, 6) is 0.762. The molecule has 0 bridgehead atoms. The molecule has 0 fully saturated rings. The lowest BCUT2D eigenvalue weighted by atomic mass is 9.94. The van der Waals surface area contributed by atoms with Gasteiger partial charge in [0.2, 0.25) is 0 Å². The van der Waals surface area contributed by atoms with Crippen LogP contribution < -0.4 is 12.4 Å². The van der Waals surface area contributed by atoms with Crippen molar-refractivity contribution >= 4 is 0 Å². The van der Waals surface area contributed by atoms with Crippen LogP contribution >= 0.6 is 0 Å². The third-order valence-electron chi connectivity index (χ3n) is 4.99. The topological polar surface area (TPSA) is 23.5 Å². The Labute approximate surface area is 175 Å². The fourth-order valence-corrected chi connectivity index (χ4v) is 3.70. The van der Waals surface area contributed by atoms with Gasteiger partial charge in [-0.25, -0.2) is 0 Å². The zero-order chi connectivity index (χ0) is 19.2. The molecule has 0 aromatic heterocycles. The number of hydrogen-bond acceptors (Lipinski definition) is 2. The normalized spacial score (nSPS) is 10.9. The van der Waals surface area contributed by atoms with E-state index in [2.05, 4.69) is 86.3 Å². The van der Waals surface area contributed by atoms with Gasteiger partial charge in [0.15, 0.2) is 0 Å². The molecule has 3 rings (SSSR count). The molecule has 0 saturated heterocycles. The molecule has 2 nitrogen and oxygen atoms in total. The maximum absolute atomic E-state index is 10.9. The Bertz CT molecular complexity index is 821. The van der Waals surface area contributed by atoms with Crippen molar-refractivity contribution in [3.8, 4) is 5.75 Å². The van der Waals surface area contributed by atoms with E-state index < -0.39 is 0 Å². The summed E-state index contributed by atoms with van der Waals surface area (Å²) >= 11 is 0. The van der Waals surface area contributed by atoms with Crippen molar-refractivity contribution in [1.82, 2.24) is 4.90 Å². The van der Waals surface area contributed by atoms with Crippen LogP contribution in [0.2, 0.25) is 0 Å². The molecule has 0 saturated carbocycles. The van der Waals surface area contributed by atoms with E-state index in [1.807, 2.05) is 12.1 Å². The summed E-state index contributed by atoms with van der Waals surface area (Å²) in [4.78, 5) is 2.39. The lowest BCUT2D eigenvalue weighted by molar-refractivity contribution is -0.00000677. The quantitative estimate of drug-likeness (QED) is 0.665. The first-order valence-corrected chi connectivity index (χ1v) is 9.66. The molecule has 0 amide bonds. The van der Waals surface area contributed by atoms with Gasteiger partial charge in [-0.05, 0) is 35.1 Å². The van der Waals surface area contributed by atoms with E-state index in [0.717, 1.165) is 36.3 Å². The number of phenols is 1. The monoisotopic (exact) mass is 394 g/mol. The standard InChI is InChI=1S/C25H29NO.ClH/c1-19(2)24-20(3)14-15-23(25(24)27)18-26(16-21-10-6-4-7-11-21)17-22-12-8-5-9-13-22;/h4-15,19,27H,16-18H2,1-3H3;1H/p-1. The molecule has 0 atom stereocenters. The van der Waals surface area contributed by atoms with Crippen LogP contribution in [0.15, 0.2) is 72.8 Å². The largest absolute Gasteiger partial charge is 1.00 e. The maximum atomic E-state index is 10.9. The Morgan fingerprint density at radius 1 is 0.750 bits per heavy atom. The summed E-state index contributed by atoms with van der Waals surface area (Å²) in [6.45, 7) is 8.76. The van der Waals surface area contributed by atoms with Crippen LogP contribution in [-0.2, 0) is 19.6 Å². The number of nitrogens with zero attached hydrogens (tertiary/aromatic N) is 1. The van der Waals surface area contributed by atoms with E-state index in [9.17, 15) is 5.11 Å². The first-order valence-electron chi connectivity index (χ1n) is 9.66. The lowest BCUT2D eigenvalue weighted by Gasteiger charge is -2.25. The second-order valence-corrected chi connectivity index (χ2v) is 7.57. The van der Waals surface area contributed by atoms with Gasteiger partial charge < -0.3 is 17.5 Å². The van der Waals surface area contributed by atoms with Crippen LogP contribution in [0.4, 0.5) is 0 Å². The highest BCUT2D eigenvalue weighted by Gasteiger charge is 2.16. The predicted molar refractivity (Wildman–Crippen MR) is 113 cm³/mol. The summed E-state index contributed by atoms with van der Waals surface area (Å²) in [6, 6.07) is 25.3. The Morgan fingerprint density at radius 3 is 1.71 bits per heavy atom. The molecule has 3 heteroatoms. The SMILES string of the molecule is Cc1ccc(CN(Cc2ccccc2)Cc2ccccc2)c(O)c1C(C)C.[Cl-]. The summed E-state index contributed by atoms with van der Waals surface area (Å²) in [6.07, 6.45) is 0. The van der Waals surface area contributed by atoms with Crippen molar-refractivity contribution in [3.05, 3.63) is 101 Å². The van der Waals surface area contributed by atoms with Gasteiger partial charge in [-0.2, -0.15) is 0 Å². The Balaban J connectivity index is 0.00000280. The Kier molecular flexibility index (Phi) is 8.10. The van der Waals surface area contributed by atoms with Gasteiger partial charge in [-0.3, -0.25) is 4.90 Å². The van der Waals surface area contributed by atoms with E-state index in [4.69, 9.17) is 0 Å². The molecule has 0 aliphatic carbocycles. The Morgan fingerprint density at radius 2 is 1.25 bits per heavy atom. The summed E-state index contributed by atoms with van der Waals surface area (Å²) in [5.41, 5.74) is 5.78. The van der Waals surface area contributed by atoms with Gasteiger partial charge >= 0.3 is 0 Å². The first kappa shape index (κ1) is 22.0. The van der Waals surface area contributed by atoms with Gasteiger partial charge in [0.1, 0.15) is 5.75 Å². The highest BCUT2D eigenvalue weighted by atomic mass is 35.5. The minimum Gasteiger partial charge on any atom is -1.00 e. The van der Waals surface area contributed by atoms with Crippen LogP contribution in [0, 0.1) is 6.92 Å². The molecule has 0 unspecified atom stereocenters. The molecule has 1 N–H and O–H groups in total. The van der Waals surface area contributed by atoms with Gasteiger partial charge in [0.25, 0.3) is 0 Å². The average Bonchev–Trinajstić information content (AvgIpc) is 2.65. The minimum atomic E-state index is 0. The van der Waals surface area contributed by atoms with Gasteiger partial charge in [-0.1, -0.05) is 86.6 Å². The highest BCUT2D eigenvalue weighted by Crippen LogP contribution is 2.33. The molecule has 3 aromatic rings. The molecule has 0 spiro atoms. The van der Waals surface area contributed by atoms with Crippen LogP contribution in [0.3, 0.4) is 0 Å². The van der Waals surface area contributed by atoms with E-state index in [-0.39, 0.29) is 12.4 Å². The van der Waals surface area contributed by atoms with E-state index >= 15 is 0 Å². The van der Waals surface area contributed by atoms with Crippen LogP contribution in [-0.4, -0.2) is 10.0 Å². The van der Waals surface area contributed by atoms with E-state index in [1.165, 1.54) is 11.1 Å². The molecule has 28 heavy (non-hydrogen) atoms. The number of halogens is 1. The van der Waals surface area contributed by atoms with Crippen LogP contribution in [0.5, 0.6) is 5.75 Å². The van der Waals surface area contributed by atoms with Crippen molar-refractivity contribution in [2.45, 2.75) is 46.3 Å². The average molecular weight is 395 g/mol. The second-order valence-electron chi connectivity index (χ2n) is 7.57. The number of benzene rings is 3. The number of aryl methyl sites for hydroxylation is 1. The van der Waals surface area contributed by atoms with E-state index in [0.29, 0.717) is 11.7 Å². The van der Waals surface area contributed by atoms with Crippen molar-refractivity contribution in [2.24, 2.45) is 0 Å². The van der Waals surface area contributed by atoms with Crippen LogP contribution in [0.25, 0.3) is 0 Å². The molecule has 0 radical (unpaired) electrons. The predicted octanol–water partition coefficient (Wildman–Crippen LogP) is 3.03. The molecule has 3 aromatic carbocycles. The molecule has 0 aliphatic rings. The van der Waals surface area contributed by atoms with Crippen molar-refractivity contribution in [2.75, 3.05) is 0 Å². The molecular formula is C25H29ClNO-. The number of hydrogen-bond donors (Lipinski definition) is 1. The van der Waals surface area contributed by atoms with E-state index in [1.54, 1.807) is 0 Å². The Hall–Kier alpha value is -2.29. The molecular weight excluding hydrogens is 366 g/mol.